The second-order valence-corrected chi connectivity index (χ2v) is 13.1. The van der Waals surface area contributed by atoms with E-state index in [1.54, 1.807) is 25.1 Å². The summed E-state index contributed by atoms with van der Waals surface area (Å²) < 4.78 is 19.8. The van der Waals surface area contributed by atoms with Gasteiger partial charge in [0.1, 0.15) is 28.6 Å². The Morgan fingerprint density at radius 2 is 1.65 bits per heavy atom. The van der Waals surface area contributed by atoms with E-state index in [0.717, 1.165) is 28.0 Å². The summed E-state index contributed by atoms with van der Waals surface area (Å²) in [6.45, 7) is 1.63. The van der Waals surface area contributed by atoms with Gasteiger partial charge in [-0.3, -0.25) is 19.2 Å². The second-order valence-electron chi connectivity index (χ2n) is 12.7. The van der Waals surface area contributed by atoms with E-state index in [1.165, 1.54) is 31.4 Å². The van der Waals surface area contributed by atoms with Crippen molar-refractivity contribution in [3.63, 3.8) is 0 Å². The predicted molar refractivity (Wildman–Crippen MR) is 168 cm³/mol. The fraction of sp³-hybridized carbons (Fsp3) is 0.286. The Kier molecular flexibility index (Phi) is 7.13. The maximum Gasteiger partial charge on any atom is 0.339 e. The van der Waals surface area contributed by atoms with Crippen LogP contribution in [0.4, 0.5) is 15.8 Å². The van der Waals surface area contributed by atoms with Crippen LogP contribution in [-0.2, 0) is 19.2 Å². The third kappa shape index (κ3) is 4.21. The van der Waals surface area contributed by atoms with Gasteiger partial charge in [-0.05, 0) is 68.1 Å². The van der Waals surface area contributed by atoms with Crippen molar-refractivity contribution >= 4 is 52.6 Å². The molecule has 2 saturated heterocycles. The number of aromatic carboxylic acids is 1. The molecule has 0 radical (unpaired) electrons. The molecule has 0 spiro atoms. The molecule has 4 aliphatic rings. The van der Waals surface area contributed by atoms with Crippen LogP contribution >= 0.6 is 11.6 Å². The molecule has 0 aromatic heterocycles. The third-order valence-electron chi connectivity index (χ3n) is 10.5. The first kappa shape index (κ1) is 31.4. The SMILES string of the molecule is COc1cccc(O)c1C1C2=CCC3C(=O)N(c4ccc(C(=O)O)c(O)c4)C(=O)C3C2CC2C(=O)N(c3ccc(F)c(Cl)c3)C(=O)C21C. The van der Waals surface area contributed by atoms with Gasteiger partial charge in [-0.1, -0.05) is 29.3 Å². The first-order valence-corrected chi connectivity index (χ1v) is 15.5. The lowest BCUT2D eigenvalue weighted by molar-refractivity contribution is -0.131. The van der Waals surface area contributed by atoms with Crippen molar-refractivity contribution in [1.82, 2.24) is 0 Å². The van der Waals surface area contributed by atoms with Crippen LogP contribution in [0.1, 0.15) is 41.6 Å². The largest absolute Gasteiger partial charge is 0.508 e. The third-order valence-corrected chi connectivity index (χ3v) is 10.7. The van der Waals surface area contributed by atoms with Crippen LogP contribution < -0.4 is 14.5 Å². The Bertz CT molecular complexity index is 2010. The number of allylic oxidation sites excluding steroid dienone is 2. The molecule has 13 heteroatoms. The van der Waals surface area contributed by atoms with Crippen LogP contribution in [0.15, 0.2) is 66.2 Å². The lowest BCUT2D eigenvalue weighted by Crippen LogP contribution is -2.49. The summed E-state index contributed by atoms with van der Waals surface area (Å²) in [5.41, 5.74) is -1.03. The van der Waals surface area contributed by atoms with Crippen molar-refractivity contribution in [2.75, 3.05) is 16.9 Å². The topological polar surface area (TPSA) is 162 Å². The highest BCUT2D eigenvalue weighted by Gasteiger charge is 2.68. The van der Waals surface area contributed by atoms with E-state index in [4.69, 9.17) is 16.3 Å². The monoisotopic (exact) mass is 674 g/mol. The van der Waals surface area contributed by atoms with Gasteiger partial charge >= 0.3 is 5.97 Å². The zero-order chi connectivity index (χ0) is 34.4. The van der Waals surface area contributed by atoms with Gasteiger partial charge in [-0.15, -0.1) is 0 Å². The first-order valence-electron chi connectivity index (χ1n) is 15.1. The number of phenols is 2. The van der Waals surface area contributed by atoms with E-state index in [2.05, 4.69) is 0 Å². The van der Waals surface area contributed by atoms with Crippen molar-refractivity contribution in [3.8, 4) is 17.2 Å². The summed E-state index contributed by atoms with van der Waals surface area (Å²) in [7, 11) is 1.40. The number of phenolic OH excluding ortho intramolecular Hbond substituents is 1. The Morgan fingerprint density at radius 1 is 0.938 bits per heavy atom. The number of anilines is 2. The number of hydrogen-bond acceptors (Lipinski definition) is 8. The Morgan fingerprint density at radius 3 is 2.31 bits per heavy atom. The number of hydrogen-bond donors (Lipinski definition) is 3. The number of fused-ring (bicyclic) bond motifs is 4. The number of imide groups is 2. The minimum Gasteiger partial charge on any atom is -0.508 e. The van der Waals surface area contributed by atoms with Crippen molar-refractivity contribution in [2.45, 2.75) is 25.7 Å². The van der Waals surface area contributed by atoms with E-state index >= 15 is 0 Å². The molecule has 3 N–H and O–H groups in total. The van der Waals surface area contributed by atoms with Gasteiger partial charge in [0, 0.05) is 17.5 Å². The number of rotatable bonds is 5. The van der Waals surface area contributed by atoms with Gasteiger partial charge < -0.3 is 20.1 Å². The van der Waals surface area contributed by atoms with E-state index in [9.17, 15) is 43.7 Å². The number of carboxylic acids is 1. The maximum absolute atomic E-state index is 14.6. The smallest absolute Gasteiger partial charge is 0.339 e. The van der Waals surface area contributed by atoms with Crippen LogP contribution in [-0.4, -0.2) is 52.0 Å². The molecule has 3 aromatic rings. The van der Waals surface area contributed by atoms with Gasteiger partial charge in [0.25, 0.3) is 0 Å². The Labute approximate surface area is 277 Å². The zero-order valence-electron chi connectivity index (χ0n) is 25.5. The number of amides is 4. The van der Waals surface area contributed by atoms with E-state index in [-0.39, 0.29) is 46.3 Å². The van der Waals surface area contributed by atoms with Crippen LogP contribution in [0.25, 0.3) is 0 Å². The Hall–Kier alpha value is -5.23. The number of carbonyl (C=O) groups excluding carboxylic acids is 4. The highest BCUT2D eigenvalue weighted by Crippen LogP contribution is 2.65. The Balaban J connectivity index is 1.38. The molecule has 4 amide bonds. The zero-order valence-corrected chi connectivity index (χ0v) is 26.3. The molecule has 7 rings (SSSR count). The molecule has 3 aromatic carbocycles. The van der Waals surface area contributed by atoms with Gasteiger partial charge in [0.2, 0.25) is 23.6 Å². The molecule has 2 aliphatic heterocycles. The summed E-state index contributed by atoms with van der Waals surface area (Å²) >= 11 is 6.05. The molecule has 2 heterocycles. The number of halogens is 2. The summed E-state index contributed by atoms with van der Waals surface area (Å²) in [6.07, 6.45) is 1.89. The van der Waals surface area contributed by atoms with Crippen LogP contribution in [0.2, 0.25) is 5.02 Å². The fourth-order valence-corrected chi connectivity index (χ4v) is 8.46. The molecule has 6 atom stereocenters. The standard InChI is InChI=1S/C35H28ClFN2O9/c1-35-21(31(43)39(34(35)47)15-7-11-23(37)22(36)12-15)14-20-17(29(35)28-24(40)4-3-5-26(28)48-2)9-10-19-27(20)32(44)38(30(19)42)16-6-8-18(33(45)46)25(41)13-16/h3-9,11-13,19-21,27,29,40-41H,10,14H2,1-2H3,(H,45,46). The molecule has 0 bridgehead atoms. The number of carboxylic acid groups (broad SMARTS) is 1. The molecule has 1 saturated carbocycles. The number of carbonyl (C=O) groups is 5. The highest BCUT2D eigenvalue weighted by molar-refractivity contribution is 6.32. The average molecular weight is 675 g/mol. The molecular formula is C35H28ClFN2O9. The van der Waals surface area contributed by atoms with E-state index in [0.29, 0.717) is 5.57 Å². The second kappa shape index (κ2) is 10.9. The van der Waals surface area contributed by atoms with Crippen molar-refractivity contribution in [1.29, 1.82) is 0 Å². The lowest BCUT2D eigenvalue weighted by Gasteiger charge is -2.49. The first-order chi connectivity index (χ1) is 22.8. The molecule has 2 aliphatic carbocycles. The maximum atomic E-state index is 14.6. The number of benzene rings is 3. The van der Waals surface area contributed by atoms with Crippen molar-refractivity contribution in [2.24, 2.45) is 29.1 Å². The minimum atomic E-state index is -1.51. The van der Waals surface area contributed by atoms with Crippen LogP contribution in [0, 0.1) is 34.9 Å². The van der Waals surface area contributed by atoms with E-state index in [1.807, 2.05) is 0 Å². The minimum absolute atomic E-state index is 0.00196. The van der Waals surface area contributed by atoms with Gasteiger partial charge in [0.05, 0.1) is 46.7 Å². The predicted octanol–water partition coefficient (Wildman–Crippen LogP) is 5.03. The molecule has 3 fully saturated rings. The summed E-state index contributed by atoms with van der Waals surface area (Å²) in [5.74, 6) is -9.63. The molecule has 6 unspecified atom stereocenters. The van der Waals surface area contributed by atoms with Crippen LogP contribution in [0.3, 0.4) is 0 Å². The summed E-state index contributed by atoms with van der Waals surface area (Å²) in [6, 6.07) is 11.5. The van der Waals surface area contributed by atoms with Crippen molar-refractivity contribution in [3.05, 3.63) is 88.2 Å². The molecule has 11 nitrogen and oxygen atoms in total. The number of nitrogens with zero attached hydrogens (tertiary/aromatic N) is 2. The van der Waals surface area contributed by atoms with Crippen LogP contribution in [0.5, 0.6) is 17.2 Å². The fourth-order valence-electron chi connectivity index (χ4n) is 8.29. The van der Waals surface area contributed by atoms with Gasteiger partial charge in [-0.2, -0.15) is 0 Å². The molecule has 246 valence electrons. The number of ether oxygens (including phenoxy) is 1. The quantitative estimate of drug-likeness (QED) is 0.249. The molecular weight excluding hydrogens is 647 g/mol. The summed E-state index contributed by atoms with van der Waals surface area (Å²) in [4.78, 5) is 70.2. The highest BCUT2D eigenvalue weighted by atomic mass is 35.5. The van der Waals surface area contributed by atoms with E-state index < -0.39 is 81.7 Å². The summed E-state index contributed by atoms with van der Waals surface area (Å²) in [5, 5.41) is 30.7. The molecule has 48 heavy (non-hydrogen) atoms. The lowest BCUT2D eigenvalue weighted by atomic mass is 9.51. The number of methoxy groups -OCH3 is 1. The van der Waals surface area contributed by atoms with Gasteiger partial charge in [-0.25, -0.2) is 19.0 Å². The normalized spacial score (nSPS) is 27.8. The van der Waals surface area contributed by atoms with Crippen molar-refractivity contribution < 1.29 is 48.4 Å². The number of aromatic hydroxyl groups is 2. The van der Waals surface area contributed by atoms with Gasteiger partial charge in [0.15, 0.2) is 0 Å². The average Bonchev–Trinajstić information content (AvgIpc) is 3.42.